The number of benzene rings is 8. The van der Waals surface area contributed by atoms with E-state index in [-0.39, 0.29) is 79.9 Å². The van der Waals surface area contributed by atoms with Crippen molar-refractivity contribution in [1.82, 2.24) is 9.13 Å². The van der Waals surface area contributed by atoms with Gasteiger partial charge in [-0.15, -0.1) is 0 Å². The third kappa shape index (κ3) is 4.50. The highest BCUT2D eigenvalue weighted by Crippen LogP contribution is 2.43. The molecule has 0 aliphatic carbocycles. The highest BCUT2D eigenvalue weighted by atomic mass is 15.0. The Hall–Kier alpha value is -6.64. The topological polar surface area (TPSA) is 9.86 Å². The molecule has 234 valence electrons. The highest BCUT2D eigenvalue weighted by Gasteiger charge is 2.20. The lowest BCUT2D eigenvalue weighted by Crippen LogP contribution is -1.95. The van der Waals surface area contributed by atoms with Crippen molar-refractivity contribution in [3.05, 3.63) is 194 Å². The molecule has 0 aliphatic rings. The van der Waals surface area contributed by atoms with Crippen LogP contribution in [0.15, 0.2) is 194 Å². The van der Waals surface area contributed by atoms with Gasteiger partial charge < -0.3 is 9.13 Å². The van der Waals surface area contributed by atoms with E-state index in [1.54, 1.807) is 21.3 Å². The van der Waals surface area contributed by atoms with Gasteiger partial charge in [0, 0.05) is 32.9 Å². The molecule has 0 radical (unpaired) electrons. The second kappa shape index (κ2) is 11.5. The van der Waals surface area contributed by atoms with Crippen LogP contribution in [0.1, 0.15) is 13.7 Å². The summed E-state index contributed by atoms with van der Waals surface area (Å²) in [7, 11) is 0. The van der Waals surface area contributed by atoms with Gasteiger partial charge in [0.1, 0.15) is 0 Å². The van der Waals surface area contributed by atoms with Crippen LogP contribution in [0.25, 0.3) is 88.4 Å². The van der Waals surface area contributed by atoms with E-state index in [2.05, 4.69) is 6.07 Å². The van der Waals surface area contributed by atoms with Crippen LogP contribution in [0.2, 0.25) is 0 Å². The zero-order valence-electron chi connectivity index (χ0n) is 36.6. The van der Waals surface area contributed by atoms with Gasteiger partial charge in [-0.3, -0.25) is 0 Å². The van der Waals surface area contributed by atoms with Gasteiger partial charge in [0.05, 0.1) is 35.8 Å². The Labute approximate surface area is 304 Å². The summed E-state index contributed by atoms with van der Waals surface area (Å²) in [5.41, 5.74) is 6.87. The molecule has 0 N–H and O–H groups in total. The number of fused-ring (bicyclic) bond motifs is 7. The van der Waals surface area contributed by atoms with Gasteiger partial charge in [-0.05, 0) is 87.9 Å². The maximum Gasteiger partial charge on any atom is 0.0646 e. The molecule has 0 fully saturated rings. The first-order valence-electron chi connectivity index (χ1n) is 21.4. The van der Waals surface area contributed by atoms with E-state index in [9.17, 15) is 8.22 Å². The smallest absolute Gasteiger partial charge is 0.0646 e. The van der Waals surface area contributed by atoms with Crippen LogP contribution >= 0.6 is 0 Å². The standard InChI is InChI=1S/C48H32N2/c1-3-14-33(15-4-1)35-18-11-19-36(30-35)38-21-13-23-40(32-38)50-44-27-10-8-25-42(44)48-46(50)29-28-45-47(48)41-24-7-9-26-43(41)49(45)39-22-12-20-37(31-39)34-16-5-2-6-17-34/h1-32H/i7D,8D,9D,10D,24D,25D,26D,27D,28D,29D. The number of para-hydroxylation sites is 2. The molecule has 0 saturated carbocycles. The lowest BCUT2D eigenvalue weighted by Gasteiger charge is -2.12. The lowest BCUT2D eigenvalue weighted by molar-refractivity contribution is 1.17. The average molecular weight is 647 g/mol. The normalized spacial score (nSPS) is 14.4. The van der Waals surface area contributed by atoms with Crippen molar-refractivity contribution in [2.45, 2.75) is 0 Å². The summed E-state index contributed by atoms with van der Waals surface area (Å²) < 4.78 is 95.2. The fraction of sp³-hybridized carbons (Fsp3) is 0. The molecule has 8 aromatic carbocycles. The van der Waals surface area contributed by atoms with Crippen molar-refractivity contribution < 1.29 is 13.7 Å². The summed E-state index contributed by atoms with van der Waals surface area (Å²) in [6.45, 7) is 0. The second-order valence-electron chi connectivity index (χ2n) is 12.2. The van der Waals surface area contributed by atoms with Crippen molar-refractivity contribution in [2.75, 3.05) is 0 Å². The number of nitrogens with zero attached hydrogens (tertiary/aromatic N) is 2. The van der Waals surface area contributed by atoms with Gasteiger partial charge in [-0.1, -0.05) is 139 Å². The number of hydrogen-bond donors (Lipinski definition) is 0. The monoisotopic (exact) mass is 646 g/mol. The molecule has 10 aromatic rings. The van der Waals surface area contributed by atoms with E-state index >= 15 is 0 Å². The Morgan fingerprint density at radius 1 is 0.320 bits per heavy atom. The molecule has 0 bridgehead atoms. The first-order valence-corrected chi connectivity index (χ1v) is 16.4. The average Bonchev–Trinajstić information content (AvgIpc) is 3.84. The minimum atomic E-state index is -0.492. The van der Waals surface area contributed by atoms with Crippen molar-refractivity contribution in [3.63, 3.8) is 0 Å². The van der Waals surface area contributed by atoms with Gasteiger partial charge in [-0.25, -0.2) is 0 Å². The van der Waals surface area contributed by atoms with Crippen LogP contribution < -0.4 is 0 Å². The minimum absolute atomic E-state index is 0.0791. The molecule has 10 rings (SSSR count). The van der Waals surface area contributed by atoms with Gasteiger partial charge in [0.25, 0.3) is 0 Å². The maximum atomic E-state index is 9.78. The number of aromatic nitrogens is 2. The molecule has 0 unspecified atom stereocenters. The fourth-order valence-electron chi connectivity index (χ4n) is 7.14. The molecule has 2 nitrogen and oxygen atoms in total. The van der Waals surface area contributed by atoms with Crippen LogP contribution in [0, 0.1) is 0 Å². The van der Waals surface area contributed by atoms with Crippen molar-refractivity contribution in [1.29, 1.82) is 0 Å². The molecular formula is C48H32N2. The molecule has 2 heteroatoms. The van der Waals surface area contributed by atoms with Gasteiger partial charge in [0.15, 0.2) is 0 Å². The van der Waals surface area contributed by atoms with Crippen LogP contribution in [0.5, 0.6) is 0 Å². The Balaban J connectivity index is 1.37. The Bertz CT molecular complexity index is 3430. The summed E-state index contributed by atoms with van der Waals surface area (Å²) in [6.07, 6.45) is 0. The lowest BCUT2D eigenvalue weighted by atomic mass is 9.99. The van der Waals surface area contributed by atoms with Gasteiger partial charge in [0.2, 0.25) is 0 Å². The van der Waals surface area contributed by atoms with Crippen molar-refractivity contribution >= 4 is 43.6 Å². The van der Waals surface area contributed by atoms with E-state index in [0.717, 1.165) is 33.4 Å². The molecule has 0 amide bonds. The minimum Gasteiger partial charge on any atom is -0.309 e. The van der Waals surface area contributed by atoms with Gasteiger partial charge in [-0.2, -0.15) is 0 Å². The molecule has 0 spiro atoms. The van der Waals surface area contributed by atoms with Crippen molar-refractivity contribution in [3.8, 4) is 44.8 Å². The van der Waals surface area contributed by atoms with Crippen molar-refractivity contribution in [2.24, 2.45) is 0 Å². The molecule has 2 heterocycles. The second-order valence-corrected chi connectivity index (χ2v) is 12.2. The number of rotatable bonds is 5. The predicted molar refractivity (Wildman–Crippen MR) is 211 cm³/mol. The summed E-state index contributed by atoms with van der Waals surface area (Å²) in [4.78, 5) is 0. The Morgan fingerprint density at radius 2 is 0.700 bits per heavy atom. The zero-order valence-corrected chi connectivity index (χ0v) is 26.6. The van der Waals surface area contributed by atoms with Crippen LogP contribution in [-0.2, 0) is 0 Å². The summed E-state index contributed by atoms with van der Waals surface area (Å²) in [5.74, 6) is 0. The van der Waals surface area contributed by atoms with Gasteiger partial charge >= 0.3 is 0 Å². The summed E-state index contributed by atoms with van der Waals surface area (Å²) in [6, 6.07) is 38.7. The maximum absolute atomic E-state index is 9.78. The predicted octanol–water partition coefficient (Wildman–Crippen LogP) is 12.9. The van der Waals surface area contributed by atoms with Crippen LogP contribution in [0.3, 0.4) is 0 Å². The zero-order chi connectivity index (χ0) is 41.7. The quantitative estimate of drug-likeness (QED) is 0.176. The first-order chi connectivity index (χ1) is 29.0. The molecule has 0 aliphatic heterocycles. The molecule has 2 aromatic heterocycles. The van der Waals surface area contributed by atoms with Crippen LogP contribution in [-0.4, -0.2) is 9.13 Å². The van der Waals surface area contributed by atoms with E-state index in [1.807, 2.05) is 115 Å². The first kappa shape index (κ1) is 20.0. The molecule has 0 saturated heterocycles. The van der Waals surface area contributed by atoms with Crippen LogP contribution in [0.4, 0.5) is 0 Å². The van der Waals surface area contributed by atoms with E-state index < -0.39 is 24.2 Å². The Kier molecular flexibility index (Phi) is 4.60. The third-order valence-electron chi connectivity index (χ3n) is 9.37. The molecule has 50 heavy (non-hydrogen) atoms. The third-order valence-corrected chi connectivity index (χ3v) is 9.37. The SMILES string of the molecule is [2H]c1c([2H])c([2H])c2c(c1[2H])c1c3c4c([2H])c([2H])c([2H])c([2H])c4n(-c4cccc(-c5cccc(-c6ccccc6)c5)c4)c3c([2H])c([2H])c1n2-c1cccc(-c2ccccc2)c1. The van der Waals surface area contributed by atoms with E-state index in [1.165, 1.54) is 0 Å². The van der Waals surface area contributed by atoms with E-state index in [0.29, 0.717) is 11.4 Å². The highest BCUT2D eigenvalue weighted by molar-refractivity contribution is 6.28. The molecule has 0 atom stereocenters. The fourth-order valence-corrected chi connectivity index (χ4v) is 7.14. The summed E-state index contributed by atoms with van der Waals surface area (Å²) >= 11 is 0. The van der Waals surface area contributed by atoms with E-state index in [4.69, 9.17) is 5.48 Å². The number of hydrogen-bond acceptors (Lipinski definition) is 0. The molecular weight excluding hydrogens is 605 g/mol. The Morgan fingerprint density at radius 3 is 1.20 bits per heavy atom. The largest absolute Gasteiger partial charge is 0.309 e. The summed E-state index contributed by atoms with van der Waals surface area (Å²) in [5, 5.41) is 0.545.